The summed E-state index contributed by atoms with van der Waals surface area (Å²) in [6.45, 7) is 6.17. The Bertz CT molecular complexity index is 816. The summed E-state index contributed by atoms with van der Waals surface area (Å²) < 4.78 is 16.1. The maximum Gasteiger partial charge on any atom is 0.409 e. The van der Waals surface area contributed by atoms with Crippen molar-refractivity contribution in [2.24, 2.45) is 5.41 Å². The Morgan fingerprint density at radius 2 is 1.86 bits per heavy atom. The fraction of sp³-hybridized carbons (Fsp3) is 0.550. The minimum absolute atomic E-state index is 0.175. The molecule has 1 aromatic rings. The van der Waals surface area contributed by atoms with Crippen LogP contribution in [0.2, 0.25) is 0 Å². The van der Waals surface area contributed by atoms with Gasteiger partial charge in [-0.3, -0.25) is 9.59 Å². The number of esters is 2. The van der Waals surface area contributed by atoms with Crippen LogP contribution in [-0.2, 0) is 30.2 Å². The molecule has 8 nitrogen and oxygen atoms in total. The molecule has 0 aliphatic carbocycles. The first-order valence-electron chi connectivity index (χ1n) is 9.51. The molecule has 1 unspecified atom stereocenters. The molecule has 4 rings (SSSR count). The standard InChI is InChI=1S/C20H24N2O6/c1-4-26-18(25)21-9-10-22-14-8-6-5-7-13(14)11-20(15(22)12-21)16(23)27-19(2,3)28-17(20)24/h5-8,15H,4,9-12H2,1-3H3. The van der Waals surface area contributed by atoms with Crippen molar-refractivity contribution in [3.63, 3.8) is 0 Å². The third-order valence-electron chi connectivity index (χ3n) is 5.65. The van der Waals surface area contributed by atoms with E-state index in [0.717, 1.165) is 11.3 Å². The molecule has 150 valence electrons. The van der Waals surface area contributed by atoms with E-state index in [-0.39, 0.29) is 19.6 Å². The summed E-state index contributed by atoms with van der Waals surface area (Å²) >= 11 is 0. The zero-order valence-corrected chi connectivity index (χ0v) is 16.3. The number of cyclic esters (lactones) is 2. The number of nitrogens with zero attached hydrogens (tertiary/aromatic N) is 2. The summed E-state index contributed by atoms with van der Waals surface area (Å²) in [6, 6.07) is 7.10. The second-order valence-corrected chi connectivity index (χ2v) is 7.81. The monoisotopic (exact) mass is 388 g/mol. The predicted molar refractivity (Wildman–Crippen MR) is 98.6 cm³/mol. The molecule has 1 aromatic carbocycles. The molecule has 1 spiro atoms. The van der Waals surface area contributed by atoms with Crippen LogP contribution in [0.1, 0.15) is 26.3 Å². The minimum Gasteiger partial charge on any atom is -0.450 e. The van der Waals surface area contributed by atoms with Gasteiger partial charge in [-0.15, -0.1) is 0 Å². The Kier molecular flexibility index (Phi) is 4.24. The lowest BCUT2D eigenvalue weighted by atomic mass is 9.69. The second-order valence-electron chi connectivity index (χ2n) is 7.81. The zero-order chi connectivity index (χ0) is 20.1. The summed E-state index contributed by atoms with van der Waals surface area (Å²) in [5, 5.41) is 0. The fourth-order valence-electron chi connectivity index (χ4n) is 4.38. The first-order valence-corrected chi connectivity index (χ1v) is 9.51. The summed E-state index contributed by atoms with van der Waals surface area (Å²) in [5.74, 6) is -2.52. The van der Waals surface area contributed by atoms with E-state index in [1.807, 2.05) is 29.2 Å². The van der Waals surface area contributed by atoms with Crippen molar-refractivity contribution < 1.29 is 28.6 Å². The number of anilines is 1. The van der Waals surface area contributed by atoms with Gasteiger partial charge in [0.1, 0.15) is 0 Å². The lowest BCUT2D eigenvalue weighted by Crippen LogP contribution is -2.71. The van der Waals surface area contributed by atoms with E-state index >= 15 is 0 Å². The van der Waals surface area contributed by atoms with E-state index < -0.39 is 35.3 Å². The first kappa shape index (κ1) is 18.6. The number of rotatable bonds is 1. The van der Waals surface area contributed by atoms with Crippen molar-refractivity contribution in [3.8, 4) is 0 Å². The summed E-state index contributed by atoms with van der Waals surface area (Å²) in [7, 11) is 0. The average molecular weight is 388 g/mol. The van der Waals surface area contributed by atoms with Gasteiger partial charge in [-0.2, -0.15) is 0 Å². The molecule has 2 fully saturated rings. The largest absolute Gasteiger partial charge is 0.450 e. The minimum atomic E-state index is -1.52. The number of para-hydroxylation sites is 1. The molecule has 8 heteroatoms. The zero-order valence-electron chi connectivity index (χ0n) is 16.3. The van der Waals surface area contributed by atoms with Crippen LogP contribution in [0.15, 0.2) is 24.3 Å². The Balaban J connectivity index is 1.78. The van der Waals surface area contributed by atoms with Gasteiger partial charge >= 0.3 is 18.0 Å². The van der Waals surface area contributed by atoms with Gasteiger partial charge in [0.05, 0.1) is 12.6 Å². The van der Waals surface area contributed by atoms with Gasteiger partial charge < -0.3 is 24.0 Å². The number of piperazine rings is 1. The van der Waals surface area contributed by atoms with Crippen molar-refractivity contribution in [3.05, 3.63) is 29.8 Å². The lowest BCUT2D eigenvalue weighted by Gasteiger charge is -2.54. The number of hydrogen-bond acceptors (Lipinski definition) is 7. The average Bonchev–Trinajstić information content (AvgIpc) is 2.65. The Hall–Kier alpha value is -2.77. The number of amides is 1. The summed E-state index contributed by atoms with van der Waals surface area (Å²) in [5.41, 5.74) is 0.332. The number of hydrogen-bond donors (Lipinski definition) is 0. The molecule has 0 N–H and O–H groups in total. The molecule has 0 radical (unpaired) electrons. The van der Waals surface area contributed by atoms with Crippen molar-refractivity contribution in [1.82, 2.24) is 4.90 Å². The van der Waals surface area contributed by atoms with Crippen LogP contribution in [0, 0.1) is 5.41 Å². The molecule has 3 aliphatic rings. The number of ether oxygens (including phenoxy) is 3. The molecule has 2 saturated heterocycles. The highest BCUT2D eigenvalue weighted by atomic mass is 16.7. The molecule has 0 saturated carbocycles. The van der Waals surface area contributed by atoms with Gasteiger partial charge in [0.15, 0.2) is 5.41 Å². The third-order valence-corrected chi connectivity index (χ3v) is 5.65. The molecule has 3 aliphatic heterocycles. The SMILES string of the molecule is CCOC(=O)N1CCN2c3ccccc3CC3(C(=O)OC(C)(C)OC3=O)C2C1. The van der Waals surface area contributed by atoms with Gasteiger partial charge in [-0.05, 0) is 18.6 Å². The van der Waals surface area contributed by atoms with Gasteiger partial charge in [-0.1, -0.05) is 18.2 Å². The topological polar surface area (TPSA) is 85.4 Å². The van der Waals surface area contributed by atoms with E-state index in [0.29, 0.717) is 13.1 Å². The van der Waals surface area contributed by atoms with Crippen LogP contribution >= 0.6 is 0 Å². The molecular formula is C20H24N2O6. The van der Waals surface area contributed by atoms with Crippen molar-refractivity contribution in [1.29, 1.82) is 0 Å². The van der Waals surface area contributed by atoms with Gasteiger partial charge in [0.2, 0.25) is 0 Å². The third kappa shape index (κ3) is 2.70. The normalized spacial score (nSPS) is 24.8. The van der Waals surface area contributed by atoms with Crippen LogP contribution in [0.3, 0.4) is 0 Å². The maximum atomic E-state index is 13.2. The number of carbonyl (C=O) groups is 3. The van der Waals surface area contributed by atoms with Crippen molar-refractivity contribution in [2.75, 3.05) is 31.1 Å². The Morgan fingerprint density at radius 1 is 1.18 bits per heavy atom. The van der Waals surface area contributed by atoms with Crippen LogP contribution in [0.5, 0.6) is 0 Å². The lowest BCUT2D eigenvalue weighted by molar-refractivity contribution is -0.253. The summed E-state index contributed by atoms with van der Waals surface area (Å²) in [4.78, 5) is 42.2. The van der Waals surface area contributed by atoms with Crippen LogP contribution in [0.4, 0.5) is 10.5 Å². The molecule has 3 heterocycles. The summed E-state index contributed by atoms with van der Waals surface area (Å²) in [6.07, 6.45) is -0.275. The van der Waals surface area contributed by atoms with Crippen LogP contribution in [0.25, 0.3) is 0 Å². The second kappa shape index (κ2) is 6.39. The van der Waals surface area contributed by atoms with Crippen molar-refractivity contribution in [2.45, 2.75) is 39.0 Å². The molecule has 0 aromatic heterocycles. The number of fused-ring (bicyclic) bond motifs is 4. The smallest absolute Gasteiger partial charge is 0.409 e. The van der Waals surface area contributed by atoms with E-state index in [2.05, 4.69) is 0 Å². The quantitative estimate of drug-likeness (QED) is 0.535. The molecule has 1 amide bonds. The highest BCUT2D eigenvalue weighted by molar-refractivity contribution is 6.04. The number of benzene rings is 1. The van der Waals surface area contributed by atoms with Gasteiger partial charge in [0.25, 0.3) is 5.79 Å². The maximum absolute atomic E-state index is 13.2. The Labute approximate surface area is 163 Å². The molecule has 1 atom stereocenters. The molecular weight excluding hydrogens is 364 g/mol. The van der Waals surface area contributed by atoms with E-state index in [1.54, 1.807) is 11.8 Å². The van der Waals surface area contributed by atoms with Crippen LogP contribution < -0.4 is 4.90 Å². The molecule has 28 heavy (non-hydrogen) atoms. The van der Waals surface area contributed by atoms with Gasteiger partial charge in [-0.25, -0.2) is 4.79 Å². The van der Waals surface area contributed by atoms with Gasteiger partial charge in [0, 0.05) is 45.6 Å². The number of carbonyl (C=O) groups excluding carboxylic acids is 3. The molecule has 0 bridgehead atoms. The van der Waals surface area contributed by atoms with E-state index in [1.165, 1.54) is 13.8 Å². The first-order chi connectivity index (χ1) is 13.3. The fourth-order valence-corrected chi connectivity index (χ4v) is 4.38. The van der Waals surface area contributed by atoms with Crippen LogP contribution in [-0.4, -0.2) is 61.0 Å². The Morgan fingerprint density at radius 3 is 2.54 bits per heavy atom. The van der Waals surface area contributed by atoms with Crippen molar-refractivity contribution >= 4 is 23.7 Å². The van der Waals surface area contributed by atoms with E-state index in [4.69, 9.17) is 14.2 Å². The van der Waals surface area contributed by atoms with E-state index in [9.17, 15) is 14.4 Å². The highest BCUT2D eigenvalue weighted by Crippen LogP contribution is 2.47. The highest BCUT2D eigenvalue weighted by Gasteiger charge is 2.65. The predicted octanol–water partition coefficient (Wildman–Crippen LogP) is 1.71.